The molecule has 3 heteroatoms. The van der Waals surface area contributed by atoms with Crippen LogP contribution in [0.1, 0.15) is 42.0 Å². The first kappa shape index (κ1) is 23.5. The topological polar surface area (TPSA) is 46.2 Å². The van der Waals surface area contributed by atoms with E-state index in [0.717, 1.165) is 39.1 Å². The Morgan fingerprint density at radius 1 is 0.750 bits per heavy atom. The number of methoxy groups -OCH3 is 1. The summed E-state index contributed by atoms with van der Waals surface area (Å²) in [6.07, 6.45) is 0. The van der Waals surface area contributed by atoms with Crippen molar-refractivity contribution in [1.29, 1.82) is 5.26 Å². The van der Waals surface area contributed by atoms with Gasteiger partial charge in [-0.05, 0) is 83.5 Å². The fourth-order valence-electron chi connectivity index (χ4n) is 4.93. The lowest BCUT2D eigenvalue weighted by molar-refractivity contribution is 0.415. The molecule has 2 aliphatic carbocycles. The van der Waals surface area contributed by atoms with Gasteiger partial charge < -0.3 is 9.15 Å². The summed E-state index contributed by atoms with van der Waals surface area (Å²) in [5.74, 6) is 2.49. The zero-order chi connectivity index (χ0) is 25.4. The van der Waals surface area contributed by atoms with Gasteiger partial charge in [-0.2, -0.15) is 5.26 Å². The van der Waals surface area contributed by atoms with Crippen molar-refractivity contribution in [1.82, 2.24) is 0 Å². The number of nitrogens with zero attached hydrogens (tertiary/aromatic N) is 1. The molecule has 1 aromatic heterocycles. The Labute approximate surface area is 212 Å². The van der Waals surface area contributed by atoms with Gasteiger partial charge in [-0.15, -0.1) is 0 Å². The van der Waals surface area contributed by atoms with Crippen LogP contribution in [0.3, 0.4) is 0 Å². The summed E-state index contributed by atoms with van der Waals surface area (Å²) in [6.45, 7) is 8.69. The smallest absolute Gasteiger partial charge is 0.153 e. The highest BCUT2D eigenvalue weighted by Crippen LogP contribution is 2.48. The number of aryl methyl sites for hydroxylation is 2. The number of hydrogen-bond donors (Lipinski definition) is 0. The van der Waals surface area contributed by atoms with E-state index in [1.807, 2.05) is 54.6 Å². The molecule has 0 bridgehead atoms. The predicted molar refractivity (Wildman–Crippen MR) is 146 cm³/mol. The minimum atomic E-state index is 0.419. The van der Waals surface area contributed by atoms with E-state index in [0.29, 0.717) is 23.0 Å². The van der Waals surface area contributed by atoms with Crippen LogP contribution in [0.5, 0.6) is 5.75 Å². The van der Waals surface area contributed by atoms with Crippen LogP contribution in [0.4, 0.5) is 0 Å². The van der Waals surface area contributed by atoms with Crippen LogP contribution >= 0.6 is 0 Å². The quantitative estimate of drug-likeness (QED) is 0.257. The van der Waals surface area contributed by atoms with Gasteiger partial charge in [-0.3, -0.25) is 0 Å². The number of hydrogen-bond acceptors (Lipinski definition) is 3. The highest BCUT2D eigenvalue weighted by atomic mass is 16.5. The van der Waals surface area contributed by atoms with E-state index in [4.69, 9.17) is 9.15 Å². The average Bonchev–Trinajstić information content (AvgIpc) is 3.37. The Balaban J connectivity index is 1.81. The number of fused-ring (bicyclic) bond motifs is 1. The summed E-state index contributed by atoms with van der Waals surface area (Å²) >= 11 is 0. The summed E-state index contributed by atoms with van der Waals surface area (Å²) in [4.78, 5) is 0. The van der Waals surface area contributed by atoms with Crippen molar-refractivity contribution in [2.45, 2.75) is 33.6 Å². The van der Waals surface area contributed by atoms with E-state index in [1.54, 1.807) is 7.11 Å². The van der Waals surface area contributed by atoms with E-state index in [-0.39, 0.29) is 0 Å². The highest BCUT2D eigenvalue weighted by Gasteiger charge is 2.28. The molecule has 0 atom stereocenters. The first-order valence-corrected chi connectivity index (χ1v) is 12.2. The van der Waals surface area contributed by atoms with Gasteiger partial charge in [-0.25, -0.2) is 0 Å². The van der Waals surface area contributed by atoms with Crippen molar-refractivity contribution in [3.8, 4) is 56.7 Å². The summed E-state index contributed by atoms with van der Waals surface area (Å²) in [5, 5.41) is 10.4. The first-order chi connectivity index (χ1) is 17.4. The third-order valence-corrected chi connectivity index (χ3v) is 6.90. The second-order valence-corrected chi connectivity index (χ2v) is 9.56. The van der Waals surface area contributed by atoms with Gasteiger partial charge in [0.25, 0.3) is 0 Å². The Morgan fingerprint density at radius 3 is 2.11 bits per heavy atom. The van der Waals surface area contributed by atoms with Crippen molar-refractivity contribution < 1.29 is 9.15 Å². The number of ether oxygens (including phenoxy) is 1. The monoisotopic (exact) mass is 471 g/mol. The number of furan rings is 1. The fourth-order valence-corrected chi connectivity index (χ4v) is 4.93. The van der Waals surface area contributed by atoms with E-state index >= 15 is 0 Å². The molecule has 0 aliphatic heterocycles. The third kappa shape index (κ3) is 3.95. The van der Waals surface area contributed by atoms with Crippen LogP contribution in [0, 0.1) is 25.2 Å². The molecule has 0 saturated heterocycles. The number of rotatable bonds is 5. The van der Waals surface area contributed by atoms with E-state index in [1.165, 1.54) is 16.7 Å². The molecule has 1 heterocycles. The zero-order valence-corrected chi connectivity index (χ0v) is 21.3. The first-order valence-electron chi connectivity index (χ1n) is 12.2. The number of nitriles is 1. The molecule has 0 unspecified atom stereocenters. The molecule has 2 aliphatic rings. The second kappa shape index (κ2) is 9.40. The maximum atomic E-state index is 10.4. The van der Waals surface area contributed by atoms with Gasteiger partial charge in [0.05, 0.1) is 7.11 Å². The molecule has 2 aromatic carbocycles. The van der Waals surface area contributed by atoms with Crippen molar-refractivity contribution in [2.24, 2.45) is 0 Å². The molecule has 3 nitrogen and oxygen atoms in total. The molecule has 3 aromatic rings. The van der Waals surface area contributed by atoms with Gasteiger partial charge in [0.2, 0.25) is 0 Å². The molecule has 0 saturated carbocycles. The Hall–Kier alpha value is -4.29. The van der Waals surface area contributed by atoms with Crippen LogP contribution in [-0.2, 0) is 0 Å². The van der Waals surface area contributed by atoms with Gasteiger partial charge >= 0.3 is 0 Å². The Bertz CT molecular complexity index is 1550. The lowest BCUT2D eigenvalue weighted by Crippen LogP contribution is -1.86. The maximum Gasteiger partial charge on any atom is 0.153 e. The minimum Gasteiger partial charge on any atom is -0.497 e. The molecule has 0 spiro atoms. The summed E-state index contributed by atoms with van der Waals surface area (Å²) in [6, 6.07) is 29.1. The van der Waals surface area contributed by atoms with Crippen LogP contribution in [0.2, 0.25) is 0 Å². The summed E-state index contributed by atoms with van der Waals surface area (Å²) in [7, 11) is 1.65. The molecule has 0 radical (unpaired) electrons. The van der Waals surface area contributed by atoms with E-state index in [2.05, 4.69) is 58.0 Å². The van der Waals surface area contributed by atoms with Crippen molar-refractivity contribution in [2.75, 3.05) is 7.11 Å². The van der Waals surface area contributed by atoms with E-state index < -0.39 is 0 Å². The lowest BCUT2D eigenvalue weighted by atomic mass is 9.95. The fraction of sp³-hybridized carbons (Fsp3) is 0.182. The maximum absolute atomic E-state index is 10.4. The molecule has 0 amide bonds. The van der Waals surface area contributed by atoms with Crippen LogP contribution in [0.25, 0.3) is 44.9 Å². The lowest BCUT2D eigenvalue weighted by Gasteiger charge is -2.05. The third-order valence-electron chi connectivity index (χ3n) is 6.90. The molecule has 36 heavy (non-hydrogen) atoms. The summed E-state index contributed by atoms with van der Waals surface area (Å²) < 4.78 is 12.0. The molecule has 5 rings (SSSR count). The van der Waals surface area contributed by atoms with Crippen molar-refractivity contribution in [3.63, 3.8) is 0 Å². The molecule has 0 fully saturated rings. The van der Waals surface area contributed by atoms with Gasteiger partial charge in [0.1, 0.15) is 23.1 Å². The SMILES string of the molecule is COc1ccc(-c2oc(-c3cc(C)c4cc(C(C)C)ccc(C)c3-4)c(C#N)c2-c2ccccc2)cc1. The van der Waals surface area contributed by atoms with Crippen LogP contribution in [-0.4, -0.2) is 7.11 Å². The standard InChI is InChI=1S/C33H29NO2/c1-20(2)25-12-11-21(3)30-27(18-25)22(4)17-28(30)33-29(19-34)31(23-9-7-6-8-10-23)32(36-33)24-13-15-26(35-5)16-14-24/h6-18,20H,1-5H3. The normalized spacial score (nSPS) is 11.1. The number of benzene rings is 2. The Kier molecular flexibility index (Phi) is 6.12. The molecular formula is C33H29NO2. The predicted octanol–water partition coefficient (Wildman–Crippen LogP) is 9.01. The zero-order valence-electron chi connectivity index (χ0n) is 21.3. The van der Waals surface area contributed by atoms with E-state index in [9.17, 15) is 5.26 Å². The van der Waals surface area contributed by atoms with Gasteiger partial charge in [0.15, 0.2) is 5.76 Å². The highest BCUT2D eigenvalue weighted by molar-refractivity contribution is 5.96. The summed E-state index contributed by atoms with van der Waals surface area (Å²) in [5.41, 5.74) is 10.1. The largest absolute Gasteiger partial charge is 0.497 e. The second-order valence-electron chi connectivity index (χ2n) is 9.56. The molecule has 0 N–H and O–H groups in total. The average molecular weight is 472 g/mol. The van der Waals surface area contributed by atoms with Crippen LogP contribution < -0.4 is 4.74 Å². The Morgan fingerprint density at radius 2 is 1.47 bits per heavy atom. The van der Waals surface area contributed by atoms with Gasteiger partial charge in [-0.1, -0.05) is 62.4 Å². The molecular weight excluding hydrogens is 442 g/mol. The molecule has 178 valence electrons. The van der Waals surface area contributed by atoms with Crippen LogP contribution in [0.15, 0.2) is 83.3 Å². The van der Waals surface area contributed by atoms with Crippen molar-refractivity contribution >= 4 is 0 Å². The van der Waals surface area contributed by atoms with Gasteiger partial charge in [0, 0.05) is 16.7 Å². The minimum absolute atomic E-state index is 0.419. The van der Waals surface area contributed by atoms with Crippen molar-refractivity contribution in [3.05, 3.63) is 101 Å².